The second-order valence-corrected chi connectivity index (χ2v) is 5.91. The van der Waals surface area contributed by atoms with Crippen molar-refractivity contribution in [3.05, 3.63) is 53.7 Å². The van der Waals surface area contributed by atoms with E-state index in [1.54, 1.807) is 0 Å². The first-order valence-electron chi connectivity index (χ1n) is 7.54. The summed E-state index contributed by atoms with van der Waals surface area (Å²) in [5.74, 6) is 0.589. The average molecular weight is 301 g/mol. The van der Waals surface area contributed by atoms with Crippen LogP contribution in [-0.4, -0.2) is 10.9 Å². The SMILES string of the molecule is CC(C)CC(N)c1nc(C(=O)NC(C)c2ccccc2)co1. The molecule has 2 unspecified atom stereocenters. The van der Waals surface area contributed by atoms with Crippen LogP contribution in [0.4, 0.5) is 0 Å². The molecule has 5 nitrogen and oxygen atoms in total. The van der Waals surface area contributed by atoms with E-state index in [2.05, 4.69) is 24.1 Å². The molecule has 0 aliphatic rings. The van der Waals surface area contributed by atoms with Crippen LogP contribution in [-0.2, 0) is 0 Å². The maximum absolute atomic E-state index is 12.2. The Morgan fingerprint density at radius 2 is 1.95 bits per heavy atom. The van der Waals surface area contributed by atoms with Crippen molar-refractivity contribution in [3.63, 3.8) is 0 Å². The molecule has 1 heterocycles. The van der Waals surface area contributed by atoms with Crippen LogP contribution in [0.5, 0.6) is 0 Å². The molecule has 1 amide bonds. The standard InChI is InChI=1S/C17H23N3O2/c1-11(2)9-14(18)17-20-15(10-22-17)16(21)19-12(3)13-7-5-4-6-8-13/h4-8,10-12,14H,9,18H2,1-3H3,(H,19,21). The number of hydrogen-bond acceptors (Lipinski definition) is 4. The molecule has 1 aromatic carbocycles. The Balaban J connectivity index is 2.00. The van der Waals surface area contributed by atoms with Gasteiger partial charge in [-0.2, -0.15) is 0 Å². The van der Waals surface area contributed by atoms with Crippen LogP contribution < -0.4 is 11.1 Å². The normalized spacial score (nSPS) is 13.9. The molecule has 2 aromatic rings. The predicted molar refractivity (Wildman–Crippen MR) is 85.2 cm³/mol. The van der Waals surface area contributed by atoms with Crippen LogP contribution in [0.3, 0.4) is 0 Å². The van der Waals surface area contributed by atoms with Gasteiger partial charge < -0.3 is 15.5 Å². The van der Waals surface area contributed by atoms with Gasteiger partial charge in [-0.15, -0.1) is 0 Å². The first-order valence-corrected chi connectivity index (χ1v) is 7.54. The molecule has 118 valence electrons. The summed E-state index contributed by atoms with van der Waals surface area (Å²) >= 11 is 0. The number of carbonyl (C=O) groups excluding carboxylic acids is 1. The maximum atomic E-state index is 12.2. The predicted octanol–water partition coefficient (Wildman–Crippen LogP) is 3.21. The molecule has 2 atom stereocenters. The van der Waals surface area contributed by atoms with Crippen molar-refractivity contribution in [3.8, 4) is 0 Å². The Hall–Kier alpha value is -2.14. The fourth-order valence-corrected chi connectivity index (χ4v) is 2.27. The van der Waals surface area contributed by atoms with Gasteiger partial charge in [0.1, 0.15) is 6.26 Å². The zero-order chi connectivity index (χ0) is 16.1. The van der Waals surface area contributed by atoms with Crippen LogP contribution in [0.25, 0.3) is 0 Å². The second-order valence-electron chi connectivity index (χ2n) is 5.91. The van der Waals surface area contributed by atoms with Gasteiger partial charge in [0.2, 0.25) is 5.89 Å². The van der Waals surface area contributed by atoms with Gasteiger partial charge in [-0.25, -0.2) is 4.98 Å². The van der Waals surface area contributed by atoms with Gasteiger partial charge in [-0.3, -0.25) is 4.79 Å². The van der Waals surface area contributed by atoms with E-state index in [9.17, 15) is 4.79 Å². The van der Waals surface area contributed by atoms with Crippen LogP contribution in [0, 0.1) is 5.92 Å². The smallest absolute Gasteiger partial charge is 0.273 e. The summed E-state index contributed by atoms with van der Waals surface area (Å²) in [5, 5.41) is 2.90. The van der Waals surface area contributed by atoms with Crippen LogP contribution in [0.15, 0.2) is 41.0 Å². The number of amides is 1. The van der Waals surface area contributed by atoms with Gasteiger partial charge in [0.25, 0.3) is 5.91 Å². The van der Waals surface area contributed by atoms with Crippen molar-refractivity contribution in [1.29, 1.82) is 0 Å². The van der Waals surface area contributed by atoms with Gasteiger partial charge in [-0.1, -0.05) is 44.2 Å². The highest BCUT2D eigenvalue weighted by Gasteiger charge is 2.19. The van der Waals surface area contributed by atoms with Crippen LogP contribution in [0.2, 0.25) is 0 Å². The fraction of sp³-hybridized carbons (Fsp3) is 0.412. The highest BCUT2D eigenvalue weighted by molar-refractivity contribution is 5.92. The summed E-state index contributed by atoms with van der Waals surface area (Å²) in [6, 6.07) is 9.38. The highest BCUT2D eigenvalue weighted by atomic mass is 16.3. The highest BCUT2D eigenvalue weighted by Crippen LogP contribution is 2.18. The molecule has 0 saturated heterocycles. The number of hydrogen-bond donors (Lipinski definition) is 2. The Kier molecular flexibility index (Phi) is 5.33. The Bertz CT molecular complexity index is 607. The van der Waals surface area contributed by atoms with Crippen molar-refractivity contribution in [1.82, 2.24) is 10.3 Å². The topological polar surface area (TPSA) is 81.1 Å². The monoisotopic (exact) mass is 301 g/mol. The van der Waals surface area contributed by atoms with E-state index in [4.69, 9.17) is 10.2 Å². The first-order chi connectivity index (χ1) is 10.5. The van der Waals surface area contributed by atoms with E-state index in [1.807, 2.05) is 37.3 Å². The summed E-state index contributed by atoms with van der Waals surface area (Å²) in [7, 11) is 0. The van der Waals surface area contributed by atoms with E-state index in [1.165, 1.54) is 6.26 Å². The third kappa shape index (κ3) is 4.18. The number of nitrogens with zero attached hydrogens (tertiary/aromatic N) is 1. The van der Waals surface area contributed by atoms with Crippen LogP contribution >= 0.6 is 0 Å². The third-order valence-electron chi connectivity index (χ3n) is 3.44. The maximum Gasteiger partial charge on any atom is 0.273 e. The lowest BCUT2D eigenvalue weighted by atomic mass is 10.0. The Morgan fingerprint density at radius 1 is 1.27 bits per heavy atom. The minimum absolute atomic E-state index is 0.0989. The summed E-state index contributed by atoms with van der Waals surface area (Å²) in [6.07, 6.45) is 2.13. The van der Waals surface area contributed by atoms with E-state index in [0.717, 1.165) is 12.0 Å². The molecule has 3 N–H and O–H groups in total. The summed E-state index contributed by atoms with van der Waals surface area (Å²) in [4.78, 5) is 16.4. The zero-order valence-corrected chi connectivity index (χ0v) is 13.2. The molecule has 0 bridgehead atoms. The van der Waals surface area contributed by atoms with Crippen molar-refractivity contribution < 1.29 is 9.21 Å². The van der Waals surface area contributed by atoms with Crippen molar-refractivity contribution in [2.75, 3.05) is 0 Å². The zero-order valence-electron chi connectivity index (χ0n) is 13.2. The molecule has 2 rings (SSSR count). The number of oxazole rings is 1. The second kappa shape index (κ2) is 7.22. The van der Waals surface area contributed by atoms with Gasteiger partial charge >= 0.3 is 0 Å². The molecule has 5 heteroatoms. The van der Waals surface area contributed by atoms with E-state index in [0.29, 0.717) is 11.8 Å². The van der Waals surface area contributed by atoms with Gasteiger partial charge in [0, 0.05) is 0 Å². The quantitative estimate of drug-likeness (QED) is 0.858. The van der Waals surface area contributed by atoms with E-state index >= 15 is 0 Å². The number of benzene rings is 1. The molecule has 0 spiro atoms. The summed E-state index contributed by atoms with van der Waals surface area (Å²) < 4.78 is 5.34. The van der Waals surface area contributed by atoms with E-state index in [-0.39, 0.29) is 23.7 Å². The lowest BCUT2D eigenvalue weighted by molar-refractivity contribution is 0.0935. The number of aromatic nitrogens is 1. The van der Waals surface area contributed by atoms with Crippen molar-refractivity contribution in [2.24, 2.45) is 11.7 Å². The van der Waals surface area contributed by atoms with Crippen molar-refractivity contribution in [2.45, 2.75) is 39.3 Å². The molecular weight excluding hydrogens is 278 g/mol. The first kappa shape index (κ1) is 16.2. The molecular formula is C17H23N3O2. The number of nitrogens with two attached hydrogens (primary N) is 1. The summed E-state index contributed by atoms with van der Waals surface area (Å²) in [6.45, 7) is 6.09. The number of rotatable bonds is 6. The van der Waals surface area contributed by atoms with Crippen molar-refractivity contribution >= 4 is 5.91 Å². The van der Waals surface area contributed by atoms with Gasteiger partial charge in [0.05, 0.1) is 12.1 Å². The molecule has 0 aliphatic carbocycles. The van der Waals surface area contributed by atoms with E-state index < -0.39 is 0 Å². The average Bonchev–Trinajstić information content (AvgIpc) is 2.97. The summed E-state index contributed by atoms with van der Waals surface area (Å²) in [5.41, 5.74) is 7.31. The molecule has 0 saturated carbocycles. The fourth-order valence-electron chi connectivity index (χ4n) is 2.27. The lowest BCUT2D eigenvalue weighted by Crippen LogP contribution is -2.27. The van der Waals surface area contributed by atoms with Gasteiger partial charge in [0.15, 0.2) is 5.69 Å². The molecule has 0 aliphatic heterocycles. The Labute approximate surface area is 130 Å². The number of nitrogens with one attached hydrogen (secondary N) is 1. The van der Waals surface area contributed by atoms with Gasteiger partial charge in [-0.05, 0) is 24.8 Å². The molecule has 0 fully saturated rings. The minimum atomic E-state index is -0.284. The lowest BCUT2D eigenvalue weighted by Gasteiger charge is -2.13. The third-order valence-corrected chi connectivity index (χ3v) is 3.44. The largest absolute Gasteiger partial charge is 0.446 e. The minimum Gasteiger partial charge on any atom is -0.446 e. The molecule has 1 aromatic heterocycles. The van der Waals surface area contributed by atoms with Crippen LogP contribution in [0.1, 0.15) is 61.2 Å². The number of carbonyl (C=O) groups is 1. The molecule has 0 radical (unpaired) electrons. The molecule has 22 heavy (non-hydrogen) atoms. The Morgan fingerprint density at radius 3 is 2.59 bits per heavy atom.